The lowest BCUT2D eigenvalue weighted by molar-refractivity contribution is -0.00810. The molecule has 0 aromatic heterocycles. The van der Waals surface area contributed by atoms with Gasteiger partial charge in [0.05, 0.1) is 21.7 Å². The molecule has 4 fully saturated rings. The molecule has 6 nitrogen and oxygen atoms in total. The van der Waals surface area contributed by atoms with Gasteiger partial charge in [0.2, 0.25) is 10.0 Å². The Labute approximate surface area is 181 Å². The maximum Gasteiger partial charge on any atom is 0.266 e. The van der Waals surface area contributed by atoms with Crippen LogP contribution in [0.3, 0.4) is 0 Å². The molecule has 0 radical (unpaired) electrons. The topological polar surface area (TPSA) is 83.6 Å². The maximum absolute atomic E-state index is 13.2. The largest absolute Gasteiger partial charge is 0.268 e. The summed E-state index contributed by atoms with van der Waals surface area (Å²) < 4.78 is 29.5. The normalized spacial score (nSPS) is 31.4. The van der Waals surface area contributed by atoms with Gasteiger partial charge in [-0.3, -0.25) is 9.59 Å². The lowest BCUT2D eigenvalue weighted by Gasteiger charge is -2.56. The van der Waals surface area contributed by atoms with Gasteiger partial charge >= 0.3 is 0 Å². The number of rotatable bonds is 4. The first-order valence-electron chi connectivity index (χ1n) is 11.0. The summed E-state index contributed by atoms with van der Waals surface area (Å²) in [5.74, 6) is 1.16. The van der Waals surface area contributed by atoms with Gasteiger partial charge in [-0.05, 0) is 92.7 Å². The summed E-state index contributed by atoms with van der Waals surface area (Å²) in [5, 5.41) is 0. The molecular formula is C24H24N2O4S. The van der Waals surface area contributed by atoms with Gasteiger partial charge in [0.25, 0.3) is 11.8 Å². The van der Waals surface area contributed by atoms with Crippen molar-refractivity contribution >= 4 is 27.5 Å². The van der Waals surface area contributed by atoms with Crippen LogP contribution in [-0.2, 0) is 10.0 Å². The molecule has 1 heterocycles. The Morgan fingerprint density at radius 3 is 1.74 bits per heavy atom. The summed E-state index contributed by atoms with van der Waals surface area (Å²) >= 11 is 0. The van der Waals surface area contributed by atoms with Crippen molar-refractivity contribution in [2.45, 2.75) is 49.0 Å². The molecule has 0 spiro atoms. The van der Waals surface area contributed by atoms with Gasteiger partial charge in [0.1, 0.15) is 0 Å². The van der Waals surface area contributed by atoms with Gasteiger partial charge in [-0.2, -0.15) is 0 Å². The molecule has 4 saturated carbocycles. The van der Waals surface area contributed by atoms with E-state index in [4.69, 9.17) is 0 Å². The van der Waals surface area contributed by atoms with E-state index in [1.54, 1.807) is 24.3 Å². The van der Waals surface area contributed by atoms with Crippen LogP contribution in [0.5, 0.6) is 0 Å². The Balaban J connectivity index is 1.25. The summed E-state index contributed by atoms with van der Waals surface area (Å²) in [6.45, 7) is 0. The minimum atomic E-state index is -3.68. The summed E-state index contributed by atoms with van der Waals surface area (Å²) in [6, 6.07) is 12.8. The number of nitrogens with one attached hydrogen (secondary N) is 1. The van der Waals surface area contributed by atoms with Crippen LogP contribution in [0.15, 0.2) is 53.4 Å². The van der Waals surface area contributed by atoms with Crippen LogP contribution in [0.4, 0.5) is 5.69 Å². The van der Waals surface area contributed by atoms with Crippen LogP contribution >= 0.6 is 0 Å². The average Bonchev–Trinajstić information content (AvgIpc) is 2.97. The quantitative estimate of drug-likeness (QED) is 0.740. The molecule has 160 valence electrons. The van der Waals surface area contributed by atoms with E-state index in [1.165, 1.54) is 43.5 Å². The predicted molar refractivity (Wildman–Crippen MR) is 115 cm³/mol. The van der Waals surface area contributed by atoms with Crippen LogP contribution in [0.2, 0.25) is 0 Å². The number of benzene rings is 2. The van der Waals surface area contributed by atoms with Crippen LogP contribution in [0, 0.1) is 17.8 Å². The lowest BCUT2D eigenvalue weighted by atomic mass is 9.53. The van der Waals surface area contributed by atoms with Crippen molar-refractivity contribution < 1.29 is 18.0 Å². The molecular weight excluding hydrogens is 412 g/mol. The van der Waals surface area contributed by atoms with Crippen molar-refractivity contribution in [3.8, 4) is 0 Å². The van der Waals surface area contributed by atoms with Crippen LogP contribution in [-0.4, -0.2) is 25.8 Å². The zero-order valence-corrected chi connectivity index (χ0v) is 17.9. The Morgan fingerprint density at radius 1 is 0.774 bits per heavy atom. The highest BCUT2D eigenvalue weighted by atomic mass is 32.2. The molecule has 0 atom stereocenters. The summed E-state index contributed by atoms with van der Waals surface area (Å²) in [6.07, 6.45) is 6.55. The third-order valence-electron chi connectivity index (χ3n) is 7.59. The number of sulfonamides is 1. The number of hydrogen-bond donors (Lipinski definition) is 1. The first-order chi connectivity index (χ1) is 14.8. The Bertz CT molecular complexity index is 1130. The molecule has 31 heavy (non-hydrogen) atoms. The highest BCUT2D eigenvalue weighted by Gasteiger charge is 2.52. The van der Waals surface area contributed by atoms with E-state index in [2.05, 4.69) is 4.72 Å². The van der Waals surface area contributed by atoms with Crippen molar-refractivity contribution in [2.24, 2.45) is 17.8 Å². The fraction of sp³-hybridized carbons (Fsp3) is 0.417. The lowest BCUT2D eigenvalue weighted by Crippen LogP contribution is -2.59. The van der Waals surface area contributed by atoms with Gasteiger partial charge in [-0.15, -0.1) is 0 Å². The summed E-state index contributed by atoms with van der Waals surface area (Å²) in [7, 11) is -3.68. The number of nitrogens with zero attached hydrogens (tertiary/aromatic N) is 1. The van der Waals surface area contributed by atoms with E-state index < -0.39 is 10.0 Å². The highest BCUT2D eigenvalue weighted by molar-refractivity contribution is 7.89. The van der Waals surface area contributed by atoms with Crippen LogP contribution < -0.4 is 9.62 Å². The van der Waals surface area contributed by atoms with Gasteiger partial charge in [0.15, 0.2) is 0 Å². The van der Waals surface area contributed by atoms with Crippen molar-refractivity contribution in [1.29, 1.82) is 0 Å². The molecule has 4 aliphatic carbocycles. The molecule has 4 bridgehead atoms. The monoisotopic (exact) mass is 436 g/mol. The second-order valence-corrected chi connectivity index (χ2v) is 11.5. The summed E-state index contributed by atoms with van der Waals surface area (Å²) in [4.78, 5) is 26.6. The minimum absolute atomic E-state index is 0.170. The second kappa shape index (κ2) is 6.50. The third kappa shape index (κ3) is 2.97. The van der Waals surface area contributed by atoms with E-state index in [0.29, 0.717) is 34.6 Å². The van der Waals surface area contributed by atoms with Crippen molar-refractivity contribution in [3.63, 3.8) is 0 Å². The Kier molecular flexibility index (Phi) is 4.02. The molecule has 0 saturated heterocycles. The summed E-state index contributed by atoms with van der Waals surface area (Å²) in [5.41, 5.74) is 0.801. The third-order valence-corrected chi connectivity index (χ3v) is 9.18. The standard InChI is InChI=1S/C24H24N2O4S/c27-22-20-3-1-2-4-21(20)23(28)26(22)18-5-7-19(8-6-18)31(29,30)25-24-12-15-9-16(13-24)11-17(10-15)14-24/h1-8,15-17,25H,9-14H2. The molecule has 1 N–H and O–H groups in total. The zero-order valence-electron chi connectivity index (χ0n) is 17.1. The van der Waals surface area contributed by atoms with Gasteiger partial charge in [-0.25, -0.2) is 18.0 Å². The Hall–Kier alpha value is -2.51. The van der Waals surface area contributed by atoms with E-state index in [0.717, 1.165) is 24.2 Å². The van der Waals surface area contributed by atoms with Gasteiger partial charge in [0, 0.05) is 5.54 Å². The zero-order chi connectivity index (χ0) is 21.4. The number of anilines is 1. The van der Waals surface area contributed by atoms with Crippen LogP contribution in [0.1, 0.15) is 59.2 Å². The van der Waals surface area contributed by atoms with E-state index in [1.807, 2.05) is 0 Å². The molecule has 0 unspecified atom stereocenters. The van der Waals surface area contributed by atoms with Crippen molar-refractivity contribution in [3.05, 3.63) is 59.7 Å². The smallest absolute Gasteiger partial charge is 0.266 e. The first kappa shape index (κ1) is 19.2. The van der Waals surface area contributed by atoms with E-state index in [-0.39, 0.29) is 22.2 Å². The molecule has 1 aliphatic heterocycles. The SMILES string of the molecule is O=C1c2ccccc2C(=O)N1c1ccc(S(=O)(=O)NC23CC4CC(CC(C4)C2)C3)cc1. The fourth-order valence-corrected chi connectivity index (χ4v) is 8.21. The van der Waals surface area contributed by atoms with Gasteiger partial charge in [-0.1, -0.05) is 12.1 Å². The first-order valence-corrected chi connectivity index (χ1v) is 12.4. The fourth-order valence-electron chi connectivity index (χ4n) is 6.78. The average molecular weight is 437 g/mol. The highest BCUT2D eigenvalue weighted by Crippen LogP contribution is 2.56. The Morgan fingerprint density at radius 2 is 1.26 bits per heavy atom. The van der Waals surface area contributed by atoms with Gasteiger partial charge < -0.3 is 0 Å². The molecule has 5 aliphatic rings. The second-order valence-electron chi connectivity index (χ2n) is 9.79. The molecule has 2 aromatic carbocycles. The number of imide groups is 1. The number of amides is 2. The molecule has 2 amide bonds. The maximum atomic E-state index is 13.2. The number of carbonyl (C=O) groups is 2. The minimum Gasteiger partial charge on any atom is -0.268 e. The predicted octanol–water partition coefficient (Wildman–Crippen LogP) is 3.73. The van der Waals surface area contributed by atoms with E-state index >= 15 is 0 Å². The van der Waals surface area contributed by atoms with E-state index in [9.17, 15) is 18.0 Å². The van der Waals surface area contributed by atoms with Crippen LogP contribution in [0.25, 0.3) is 0 Å². The molecule has 2 aromatic rings. The number of carbonyl (C=O) groups excluding carboxylic acids is 2. The van der Waals surface area contributed by atoms with Crippen molar-refractivity contribution in [2.75, 3.05) is 4.90 Å². The number of hydrogen-bond acceptors (Lipinski definition) is 4. The molecule has 7 rings (SSSR count). The van der Waals surface area contributed by atoms with Crippen molar-refractivity contribution in [1.82, 2.24) is 4.72 Å². The molecule has 7 heteroatoms. The number of fused-ring (bicyclic) bond motifs is 1.